The van der Waals surface area contributed by atoms with Crippen LogP contribution in [-0.2, 0) is 19.1 Å². The highest BCUT2D eigenvalue weighted by Crippen LogP contribution is 2.44. The Morgan fingerprint density at radius 2 is 1.59 bits per heavy atom. The predicted octanol–water partition coefficient (Wildman–Crippen LogP) is 3.91. The van der Waals surface area contributed by atoms with Crippen molar-refractivity contribution in [2.24, 2.45) is 0 Å². The molecule has 4 rings (SSSR count). The van der Waals surface area contributed by atoms with Gasteiger partial charge in [0.05, 0.1) is 36.0 Å². The van der Waals surface area contributed by atoms with E-state index in [-0.39, 0.29) is 20.0 Å². The molecule has 0 bridgehead atoms. The molecule has 0 aromatic heterocycles. The number of fused-ring (bicyclic) bond motifs is 1. The van der Waals surface area contributed by atoms with E-state index in [0.29, 0.717) is 39.6 Å². The van der Waals surface area contributed by atoms with Crippen LogP contribution in [0.4, 0.5) is 0 Å². The lowest BCUT2D eigenvalue weighted by molar-refractivity contribution is -0.139. The molecule has 1 unspecified atom stereocenters. The van der Waals surface area contributed by atoms with Crippen molar-refractivity contribution in [3.8, 4) is 11.5 Å². The van der Waals surface area contributed by atoms with E-state index in [0.717, 1.165) is 5.56 Å². The van der Waals surface area contributed by atoms with Gasteiger partial charge in [0.25, 0.3) is 0 Å². The Morgan fingerprint density at radius 1 is 0.938 bits per heavy atom. The smallest absolute Gasteiger partial charge is 0.337 e. The fourth-order valence-electron chi connectivity index (χ4n) is 3.99. The highest BCUT2D eigenvalue weighted by Gasteiger charge is 2.39. The molecule has 0 saturated carbocycles. The Balaban J connectivity index is 1.95. The number of carbonyl (C=O) groups is 2. The Hall–Kier alpha value is -3.74. The van der Waals surface area contributed by atoms with Gasteiger partial charge >= 0.3 is 11.9 Å². The van der Waals surface area contributed by atoms with Gasteiger partial charge < -0.3 is 24.3 Å². The van der Waals surface area contributed by atoms with E-state index < -0.39 is 17.9 Å². The monoisotopic (exact) mass is 435 g/mol. The van der Waals surface area contributed by atoms with Gasteiger partial charge in [0.2, 0.25) is 6.79 Å². The van der Waals surface area contributed by atoms with Gasteiger partial charge in [-0.15, -0.1) is 0 Å². The first kappa shape index (κ1) is 21.5. The third-order valence-corrected chi connectivity index (χ3v) is 5.35. The number of carbonyl (C=O) groups excluding carboxylic acids is 2. The Kier molecular flexibility index (Phi) is 6.16. The molecule has 0 amide bonds. The number of benzene rings is 2. The molecule has 0 fully saturated rings. The number of ether oxygens (including phenoxy) is 4. The number of hydrogen-bond donors (Lipinski definition) is 1. The average molecular weight is 435 g/mol. The van der Waals surface area contributed by atoms with Gasteiger partial charge in [-0.05, 0) is 44.0 Å². The zero-order chi connectivity index (χ0) is 22.7. The minimum absolute atomic E-state index is 0.125. The first-order valence-corrected chi connectivity index (χ1v) is 10.6. The van der Waals surface area contributed by atoms with E-state index in [1.165, 1.54) is 0 Å². The van der Waals surface area contributed by atoms with Gasteiger partial charge in [0.1, 0.15) is 0 Å². The van der Waals surface area contributed by atoms with Crippen LogP contribution in [0.2, 0.25) is 0 Å². The van der Waals surface area contributed by atoms with Crippen LogP contribution in [0.15, 0.2) is 65.4 Å². The number of rotatable bonds is 6. The Morgan fingerprint density at radius 3 is 2.28 bits per heavy atom. The molecule has 2 aliphatic heterocycles. The summed E-state index contributed by atoms with van der Waals surface area (Å²) >= 11 is 0. The van der Waals surface area contributed by atoms with Gasteiger partial charge in [0.15, 0.2) is 11.5 Å². The summed E-state index contributed by atoms with van der Waals surface area (Å²) in [5, 5.41) is 3.27. The maximum atomic E-state index is 13.3. The molecule has 0 spiro atoms. The third kappa shape index (κ3) is 3.93. The van der Waals surface area contributed by atoms with Gasteiger partial charge in [-0.2, -0.15) is 0 Å². The highest BCUT2D eigenvalue weighted by molar-refractivity contribution is 6.05. The molecule has 0 saturated heterocycles. The maximum Gasteiger partial charge on any atom is 0.337 e. The largest absolute Gasteiger partial charge is 0.463 e. The van der Waals surface area contributed by atoms with Crippen LogP contribution in [0.1, 0.15) is 37.8 Å². The van der Waals surface area contributed by atoms with Crippen LogP contribution in [-0.4, -0.2) is 31.9 Å². The van der Waals surface area contributed by atoms with Crippen LogP contribution >= 0.6 is 0 Å². The van der Waals surface area contributed by atoms with Crippen LogP contribution in [0.3, 0.4) is 0 Å². The molecule has 2 heterocycles. The molecule has 1 N–H and O–H groups in total. The third-order valence-electron chi connectivity index (χ3n) is 5.35. The second-order valence-corrected chi connectivity index (χ2v) is 7.31. The average Bonchev–Trinajstić information content (AvgIpc) is 3.27. The molecule has 2 aromatic rings. The number of hydrogen-bond acceptors (Lipinski definition) is 7. The van der Waals surface area contributed by atoms with E-state index in [1.807, 2.05) is 36.4 Å². The SMILES string of the molecule is CCOC(=O)C1=C(C)NC(c2ccccc2)=C(C(=O)OCC)C1c1ccc2c(c1)OCO2. The molecule has 166 valence electrons. The van der Waals surface area contributed by atoms with Crippen molar-refractivity contribution in [2.45, 2.75) is 26.7 Å². The Bertz CT molecular complexity index is 1100. The molecule has 1 atom stereocenters. The predicted molar refractivity (Wildman–Crippen MR) is 118 cm³/mol. The summed E-state index contributed by atoms with van der Waals surface area (Å²) in [6.07, 6.45) is 0. The molecular formula is C25H25NO6. The lowest BCUT2D eigenvalue weighted by Crippen LogP contribution is -2.32. The topological polar surface area (TPSA) is 83.1 Å². The van der Waals surface area contributed by atoms with E-state index in [2.05, 4.69) is 5.32 Å². The molecule has 2 aliphatic rings. The quantitative estimate of drug-likeness (QED) is 0.689. The second-order valence-electron chi connectivity index (χ2n) is 7.31. The summed E-state index contributed by atoms with van der Waals surface area (Å²) in [5.74, 6) is -0.527. The highest BCUT2D eigenvalue weighted by atomic mass is 16.7. The van der Waals surface area contributed by atoms with E-state index in [1.54, 1.807) is 32.9 Å². The zero-order valence-electron chi connectivity index (χ0n) is 18.3. The van der Waals surface area contributed by atoms with Crippen molar-refractivity contribution in [3.63, 3.8) is 0 Å². The van der Waals surface area contributed by atoms with Crippen molar-refractivity contribution in [3.05, 3.63) is 76.5 Å². The van der Waals surface area contributed by atoms with Gasteiger partial charge in [-0.25, -0.2) is 9.59 Å². The van der Waals surface area contributed by atoms with Crippen LogP contribution in [0.25, 0.3) is 5.70 Å². The molecule has 7 nitrogen and oxygen atoms in total. The van der Waals surface area contributed by atoms with Crippen molar-refractivity contribution < 1.29 is 28.5 Å². The summed E-state index contributed by atoms with van der Waals surface area (Å²) in [5.41, 5.74) is 3.41. The summed E-state index contributed by atoms with van der Waals surface area (Å²) in [6, 6.07) is 14.9. The number of esters is 2. The van der Waals surface area contributed by atoms with Gasteiger partial charge in [0, 0.05) is 5.70 Å². The zero-order valence-corrected chi connectivity index (χ0v) is 18.3. The summed E-state index contributed by atoms with van der Waals surface area (Å²) in [7, 11) is 0. The van der Waals surface area contributed by atoms with Gasteiger partial charge in [-0.1, -0.05) is 36.4 Å². The van der Waals surface area contributed by atoms with E-state index >= 15 is 0 Å². The lowest BCUT2D eigenvalue weighted by Gasteiger charge is -2.31. The first-order chi connectivity index (χ1) is 15.5. The van der Waals surface area contributed by atoms with Crippen LogP contribution < -0.4 is 14.8 Å². The standard InChI is InChI=1S/C25H25NO6/c1-4-29-24(27)20-15(3)26-23(16-9-7-6-8-10-16)22(25(28)30-5-2)21(20)17-11-12-18-19(13-17)32-14-31-18/h6-13,21,26H,4-5,14H2,1-3H3. The normalized spacial score (nSPS) is 17.2. The maximum absolute atomic E-state index is 13.3. The lowest BCUT2D eigenvalue weighted by atomic mass is 9.79. The fraction of sp³-hybridized carbons (Fsp3) is 0.280. The number of allylic oxidation sites excluding steroid dienone is 1. The second kappa shape index (κ2) is 9.18. The van der Waals surface area contributed by atoms with E-state index in [4.69, 9.17) is 18.9 Å². The minimum atomic E-state index is -0.709. The number of dihydropyridines is 1. The van der Waals surface area contributed by atoms with Crippen molar-refractivity contribution >= 4 is 17.6 Å². The van der Waals surface area contributed by atoms with Crippen LogP contribution in [0.5, 0.6) is 11.5 Å². The summed E-state index contributed by atoms with van der Waals surface area (Å²) in [6.45, 7) is 5.84. The summed E-state index contributed by atoms with van der Waals surface area (Å²) in [4.78, 5) is 26.3. The molecular weight excluding hydrogens is 410 g/mol. The van der Waals surface area contributed by atoms with Crippen molar-refractivity contribution in [1.82, 2.24) is 5.32 Å². The molecule has 32 heavy (non-hydrogen) atoms. The van der Waals surface area contributed by atoms with Crippen molar-refractivity contribution in [2.75, 3.05) is 20.0 Å². The molecule has 0 aliphatic carbocycles. The summed E-state index contributed by atoms with van der Waals surface area (Å²) < 4.78 is 21.8. The Labute approximate surface area is 186 Å². The minimum Gasteiger partial charge on any atom is -0.463 e. The van der Waals surface area contributed by atoms with Crippen molar-refractivity contribution in [1.29, 1.82) is 0 Å². The molecule has 0 radical (unpaired) electrons. The van der Waals surface area contributed by atoms with Gasteiger partial charge in [-0.3, -0.25) is 0 Å². The van der Waals surface area contributed by atoms with Crippen LogP contribution in [0, 0.1) is 0 Å². The van der Waals surface area contributed by atoms with E-state index in [9.17, 15) is 9.59 Å². The first-order valence-electron chi connectivity index (χ1n) is 10.6. The molecule has 7 heteroatoms. The fourth-order valence-corrected chi connectivity index (χ4v) is 3.99. The molecule has 2 aromatic carbocycles. The number of nitrogens with one attached hydrogen (secondary N) is 1.